The summed E-state index contributed by atoms with van der Waals surface area (Å²) in [5.74, 6) is 0. The Balaban J connectivity index is 1.87. The van der Waals surface area contributed by atoms with Crippen LogP contribution >= 0.6 is 15.9 Å². The maximum atomic E-state index is 13.2. The van der Waals surface area contributed by atoms with Crippen LogP contribution in [0.15, 0.2) is 49.8 Å². The highest BCUT2D eigenvalue weighted by Gasteiger charge is 2.31. The van der Waals surface area contributed by atoms with Gasteiger partial charge in [0.05, 0.1) is 31.3 Å². The van der Waals surface area contributed by atoms with Crippen molar-refractivity contribution >= 4 is 35.7 Å². The van der Waals surface area contributed by atoms with Crippen LogP contribution in [0.5, 0.6) is 0 Å². The monoisotopic (exact) mass is 459 g/mol. The number of aromatic nitrogens is 2. The van der Waals surface area contributed by atoms with E-state index in [1.165, 1.54) is 18.4 Å². The van der Waals surface area contributed by atoms with Crippen molar-refractivity contribution in [2.45, 2.75) is 48.8 Å². The molecule has 6 nitrogen and oxygen atoms in total. The van der Waals surface area contributed by atoms with Crippen LogP contribution in [0.25, 0.3) is 0 Å². The molecule has 9 heteroatoms. The Morgan fingerprint density at radius 1 is 1.19 bits per heavy atom. The minimum absolute atomic E-state index is 0.0843. The van der Waals surface area contributed by atoms with Crippen LogP contribution in [0, 0.1) is 6.92 Å². The number of halogens is 1. The molecule has 0 N–H and O–H groups in total. The zero-order valence-corrected chi connectivity index (χ0v) is 17.9. The average molecular weight is 460 g/mol. The first-order valence-electron chi connectivity index (χ1n) is 8.41. The van der Waals surface area contributed by atoms with Gasteiger partial charge in [0, 0.05) is 17.7 Å². The highest BCUT2D eigenvalue weighted by Crippen LogP contribution is 2.33. The number of sulfonamides is 1. The summed E-state index contributed by atoms with van der Waals surface area (Å²) < 4.78 is 45.0. The first-order chi connectivity index (χ1) is 12.2. The normalized spacial score (nSPS) is 23.3. The molecule has 1 saturated carbocycles. The van der Waals surface area contributed by atoms with Gasteiger partial charge in [-0.05, 0) is 54.2 Å². The number of nitrogens with zero attached hydrogens (tertiary/aromatic N) is 3. The van der Waals surface area contributed by atoms with Crippen LogP contribution < -0.4 is 0 Å². The highest BCUT2D eigenvalue weighted by atomic mass is 79.9. The fraction of sp³-hybridized carbons (Fsp3) is 0.471. The Labute approximate surface area is 163 Å². The topological polar surface area (TPSA) is 81.4 Å². The van der Waals surface area contributed by atoms with Crippen molar-refractivity contribution in [2.24, 2.45) is 3.77 Å². The molecule has 3 atom stereocenters. The molecule has 0 aliphatic heterocycles. The van der Waals surface area contributed by atoms with Crippen LogP contribution in [0.2, 0.25) is 0 Å². The van der Waals surface area contributed by atoms with Gasteiger partial charge in [0.15, 0.2) is 0 Å². The van der Waals surface area contributed by atoms with E-state index in [2.05, 4.69) is 24.8 Å². The molecule has 0 radical (unpaired) electrons. The predicted octanol–water partition coefficient (Wildman–Crippen LogP) is 3.92. The molecule has 0 spiro atoms. The van der Waals surface area contributed by atoms with Gasteiger partial charge in [-0.3, -0.25) is 4.68 Å². The van der Waals surface area contributed by atoms with Crippen LogP contribution in [-0.4, -0.2) is 33.9 Å². The third-order valence-electron chi connectivity index (χ3n) is 4.73. The van der Waals surface area contributed by atoms with E-state index in [1.54, 1.807) is 18.3 Å². The SMILES string of the molecule is Cc1ccc(S(=O)(=O)N=S(C)(=O)[C@@H]2CCC[C@H](n3cc(Br)cn3)C2)cc1. The number of rotatable bonds is 4. The van der Waals surface area contributed by atoms with Gasteiger partial charge in [-0.2, -0.15) is 13.5 Å². The molecule has 3 rings (SSSR count). The predicted molar refractivity (Wildman–Crippen MR) is 106 cm³/mol. The second kappa shape index (κ2) is 7.44. The van der Waals surface area contributed by atoms with Crippen molar-refractivity contribution in [1.82, 2.24) is 9.78 Å². The molecular weight excluding hydrogens is 438 g/mol. The summed E-state index contributed by atoms with van der Waals surface area (Å²) in [6, 6.07) is 6.56. The van der Waals surface area contributed by atoms with Gasteiger partial charge in [-0.15, -0.1) is 3.77 Å². The Hall–Kier alpha value is -1.19. The minimum Gasteiger partial charge on any atom is -0.268 e. The van der Waals surface area contributed by atoms with Crippen molar-refractivity contribution < 1.29 is 12.6 Å². The summed E-state index contributed by atoms with van der Waals surface area (Å²) in [6.45, 7) is 1.88. The van der Waals surface area contributed by atoms with Crippen LogP contribution in [0.1, 0.15) is 37.3 Å². The van der Waals surface area contributed by atoms with E-state index >= 15 is 0 Å². The third kappa shape index (κ3) is 4.37. The van der Waals surface area contributed by atoms with Crippen molar-refractivity contribution in [3.05, 3.63) is 46.7 Å². The molecule has 26 heavy (non-hydrogen) atoms. The molecule has 142 valence electrons. The molecule has 1 aliphatic carbocycles. The molecule has 1 aromatic heterocycles. The number of benzene rings is 1. The summed E-state index contributed by atoms with van der Waals surface area (Å²) in [6.07, 6.45) is 8.20. The highest BCUT2D eigenvalue weighted by molar-refractivity contribution is 9.10. The molecule has 1 fully saturated rings. The maximum Gasteiger partial charge on any atom is 0.290 e. The van der Waals surface area contributed by atoms with Gasteiger partial charge < -0.3 is 0 Å². The van der Waals surface area contributed by atoms with Gasteiger partial charge in [0.25, 0.3) is 10.0 Å². The molecular formula is C17H22BrN3O3S2. The summed E-state index contributed by atoms with van der Waals surface area (Å²) in [4.78, 5) is 0.0843. The van der Waals surface area contributed by atoms with E-state index in [9.17, 15) is 12.6 Å². The summed E-state index contributed by atoms with van der Waals surface area (Å²) in [7, 11) is -6.84. The second-order valence-corrected chi connectivity index (χ2v) is 12.1. The lowest BCUT2D eigenvalue weighted by Crippen LogP contribution is -2.29. The summed E-state index contributed by atoms with van der Waals surface area (Å²) in [5.41, 5.74) is 0.960. The maximum absolute atomic E-state index is 13.2. The molecule has 1 unspecified atom stereocenters. The molecule has 1 aromatic carbocycles. The van der Waals surface area contributed by atoms with Crippen molar-refractivity contribution in [1.29, 1.82) is 0 Å². The largest absolute Gasteiger partial charge is 0.290 e. The zero-order chi connectivity index (χ0) is 18.9. The van der Waals surface area contributed by atoms with Crippen LogP contribution in [0.3, 0.4) is 0 Å². The Bertz CT molecular complexity index is 1010. The fourth-order valence-electron chi connectivity index (χ4n) is 3.28. The average Bonchev–Trinajstić information content (AvgIpc) is 3.01. The standard InChI is InChI=1S/C17H22BrN3O3S2/c1-13-6-8-16(9-7-13)26(23,24)20-25(2,22)17-5-3-4-15(10-17)21-12-14(18)11-19-21/h6-9,11-12,15,17H,3-5,10H2,1-2H3/t15-,17+,25?/m0/s1. The molecule has 0 saturated heterocycles. The lowest BCUT2D eigenvalue weighted by atomic mass is 9.95. The lowest BCUT2D eigenvalue weighted by Gasteiger charge is -2.29. The zero-order valence-electron chi connectivity index (χ0n) is 14.7. The third-order valence-corrected chi connectivity index (χ3v) is 9.64. The van der Waals surface area contributed by atoms with Gasteiger partial charge in [-0.1, -0.05) is 24.1 Å². The number of hydrogen-bond acceptors (Lipinski definition) is 4. The van der Waals surface area contributed by atoms with Crippen molar-refractivity contribution in [3.63, 3.8) is 0 Å². The van der Waals surface area contributed by atoms with E-state index < -0.39 is 19.8 Å². The quantitative estimate of drug-likeness (QED) is 0.693. The summed E-state index contributed by atoms with van der Waals surface area (Å²) >= 11 is 3.39. The molecule has 0 amide bonds. The molecule has 1 aliphatic rings. The van der Waals surface area contributed by atoms with Gasteiger partial charge >= 0.3 is 0 Å². The van der Waals surface area contributed by atoms with E-state index in [0.717, 1.165) is 22.9 Å². The van der Waals surface area contributed by atoms with E-state index in [4.69, 9.17) is 0 Å². The Morgan fingerprint density at radius 3 is 2.50 bits per heavy atom. The summed E-state index contributed by atoms with van der Waals surface area (Å²) in [5, 5.41) is 4.04. The smallest absolute Gasteiger partial charge is 0.268 e. The van der Waals surface area contributed by atoms with Crippen molar-refractivity contribution in [2.75, 3.05) is 6.26 Å². The number of aryl methyl sites for hydroxylation is 1. The van der Waals surface area contributed by atoms with Crippen LogP contribution in [-0.2, 0) is 19.8 Å². The Morgan fingerprint density at radius 2 is 1.88 bits per heavy atom. The molecule has 1 heterocycles. The molecule has 0 bridgehead atoms. The first-order valence-corrected chi connectivity index (χ1v) is 12.6. The van der Waals surface area contributed by atoms with Crippen molar-refractivity contribution in [3.8, 4) is 0 Å². The number of hydrogen-bond donors (Lipinski definition) is 0. The van der Waals surface area contributed by atoms with Crippen LogP contribution in [0.4, 0.5) is 0 Å². The van der Waals surface area contributed by atoms with Gasteiger partial charge in [-0.25, -0.2) is 4.21 Å². The fourth-order valence-corrected chi connectivity index (χ4v) is 7.64. The van der Waals surface area contributed by atoms with Gasteiger partial charge in [0.2, 0.25) is 0 Å². The van der Waals surface area contributed by atoms with E-state index in [-0.39, 0.29) is 16.2 Å². The second-order valence-electron chi connectivity index (χ2n) is 6.80. The van der Waals surface area contributed by atoms with E-state index in [1.807, 2.05) is 17.8 Å². The molecule has 2 aromatic rings. The lowest BCUT2D eigenvalue weighted by molar-refractivity contribution is 0.332. The van der Waals surface area contributed by atoms with Gasteiger partial charge in [0.1, 0.15) is 0 Å². The Kier molecular flexibility index (Phi) is 5.60. The van der Waals surface area contributed by atoms with E-state index in [0.29, 0.717) is 12.8 Å². The minimum atomic E-state index is -3.94. The first kappa shape index (κ1) is 19.6.